The van der Waals surface area contributed by atoms with Crippen LogP contribution in [-0.4, -0.2) is 23.9 Å². The molecule has 1 atom stereocenters. The third-order valence-corrected chi connectivity index (χ3v) is 5.90. The van der Waals surface area contributed by atoms with Crippen molar-refractivity contribution in [2.45, 2.75) is 19.7 Å². The predicted molar refractivity (Wildman–Crippen MR) is 98.5 cm³/mol. The van der Waals surface area contributed by atoms with Gasteiger partial charge in [0.05, 0.1) is 12.3 Å². The molecule has 26 heavy (non-hydrogen) atoms. The number of rotatable bonds is 2. The molecule has 6 nitrogen and oxygen atoms in total. The number of amides is 2. The largest absolute Gasteiger partial charge is 0.380 e. The molecule has 2 amide bonds. The van der Waals surface area contributed by atoms with Crippen molar-refractivity contribution < 1.29 is 14.3 Å². The first kappa shape index (κ1) is 15.5. The van der Waals surface area contributed by atoms with Crippen molar-refractivity contribution in [3.8, 4) is 0 Å². The molecule has 0 spiro atoms. The number of aryl methyl sites for hydroxylation is 1. The van der Waals surface area contributed by atoms with E-state index in [1.54, 1.807) is 18.1 Å². The zero-order valence-electron chi connectivity index (χ0n) is 14.2. The van der Waals surface area contributed by atoms with Crippen LogP contribution in [-0.2, 0) is 11.3 Å². The Morgan fingerprint density at radius 3 is 2.92 bits per heavy atom. The van der Waals surface area contributed by atoms with Gasteiger partial charge in [-0.25, -0.2) is 4.98 Å². The maximum Gasteiger partial charge on any atom is 0.265 e. The Morgan fingerprint density at radius 1 is 1.31 bits per heavy atom. The molecule has 0 bridgehead atoms. The Balaban J connectivity index is 1.83. The molecule has 2 aliphatic heterocycles. The summed E-state index contributed by atoms with van der Waals surface area (Å²) < 4.78 is 5.35. The summed E-state index contributed by atoms with van der Waals surface area (Å²) in [7, 11) is 1.63. The number of methoxy groups -OCH3 is 1. The van der Waals surface area contributed by atoms with Gasteiger partial charge >= 0.3 is 0 Å². The number of pyridine rings is 1. The van der Waals surface area contributed by atoms with Crippen LogP contribution >= 0.6 is 11.3 Å². The van der Waals surface area contributed by atoms with Crippen LogP contribution in [0.4, 0.5) is 5.69 Å². The summed E-state index contributed by atoms with van der Waals surface area (Å²) in [5.41, 5.74) is 3.89. The Hall–Kier alpha value is -2.77. The first-order chi connectivity index (χ1) is 12.6. The van der Waals surface area contributed by atoms with E-state index in [4.69, 9.17) is 4.74 Å². The fourth-order valence-corrected chi connectivity index (χ4v) is 4.99. The molecule has 0 fully saturated rings. The molecular weight excluding hydrogens is 350 g/mol. The molecule has 4 heterocycles. The van der Waals surface area contributed by atoms with E-state index in [1.807, 2.05) is 31.2 Å². The molecule has 1 aromatic carbocycles. The number of hydrogen-bond acceptors (Lipinski definition) is 5. The maximum atomic E-state index is 13.1. The van der Waals surface area contributed by atoms with Gasteiger partial charge in [-0.15, -0.1) is 11.3 Å². The third kappa shape index (κ3) is 1.92. The number of aromatic nitrogens is 1. The first-order valence-electron chi connectivity index (χ1n) is 8.25. The van der Waals surface area contributed by atoms with Crippen molar-refractivity contribution in [2.24, 2.45) is 0 Å². The van der Waals surface area contributed by atoms with Crippen LogP contribution in [0.5, 0.6) is 0 Å². The lowest BCUT2D eigenvalue weighted by Crippen LogP contribution is -2.44. The summed E-state index contributed by atoms with van der Waals surface area (Å²) in [4.78, 5) is 33.4. The molecule has 5 rings (SSSR count). The zero-order valence-corrected chi connectivity index (χ0v) is 15.0. The highest BCUT2D eigenvalue weighted by atomic mass is 32.1. The fourth-order valence-electron chi connectivity index (χ4n) is 3.83. The standard InChI is InChI=1S/C19H15N3O3S/c1-9-7-10(8-25-2)13-14-15(26-18(13)20-9)17(23)21-16-11-5-3-4-6-12(11)19(24)22(14)16/h3-7,16H,8H2,1-2H3,(H,21,23)/t16-/m0/s1. The summed E-state index contributed by atoms with van der Waals surface area (Å²) in [6, 6.07) is 9.36. The summed E-state index contributed by atoms with van der Waals surface area (Å²) in [6.45, 7) is 2.31. The van der Waals surface area contributed by atoms with E-state index in [-0.39, 0.29) is 11.8 Å². The Kier molecular flexibility index (Phi) is 3.19. The topological polar surface area (TPSA) is 71.5 Å². The van der Waals surface area contributed by atoms with Gasteiger partial charge in [-0.1, -0.05) is 18.2 Å². The van der Waals surface area contributed by atoms with Crippen LogP contribution < -0.4 is 10.2 Å². The molecule has 2 aromatic heterocycles. The second kappa shape index (κ2) is 5.36. The van der Waals surface area contributed by atoms with E-state index < -0.39 is 6.17 Å². The van der Waals surface area contributed by atoms with Gasteiger partial charge < -0.3 is 10.1 Å². The van der Waals surface area contributed by atoms with Gasteiger partial charge in [-0.3, -0.25) is 14.5 Å². The number of thiophene rings is 1. The molecular formula is C19H15N3O3S. The lowest BCUT2D eigenvalue weighted by Gasteiger charge is -2.31. The van der Waals surface area contributed by atoms with E-state index in [0.717, 1.165) is 27.0 Å². The van der Waals surface area contributed by atoms with Gasteiger partial charge in [-0.05, 0) is 24.6 Å². The molecule has 130 valence electrons. The number of nitrogens with zero attached hydrogens (tertiary/aromatic N) is 2. The highest BCUT2D eigenvalue weighted by molar-refractivity contribution is 7.21. The van der Waals surface area contributed by atoms with Crippen LogP contribution in [0.2, 0.25) is 0 Å². The number of benzene rings is 1. The lowest BCUT2D eigenvalue weighted by atomic mass is 10.1. The normalized spacial score (nSPS) is 17.9. The molecule has 3 aromatic rings. The van der Waals surface area contributed by atoms with Gasteiger partial charge in [0.25, 0.3) is 11.8 Å². The Bertz CT molecular complexity index is 1100. The summed E-state index contributed by atoms with van der Waals surface area (Å²) in [5, 5.41) is 3.80. The molecule has 0 saturated heterocycles. The molecule has 7 heteroatoms. The van der Waals surface area contributed by atoms with E-state index in [1.165, 1.54) is 11.3 Å². The lowest BCUT2D eigenvalue weighted by molar-refractivity contribution is 0.0916. The van der Waals surface area contributed by atoms with Crippen molar-refractivity contribution in [1.82, 2.24) is 10.3 Å². The van der Waals surface area contributed by atoms with Gasteiger partial charge in [0.15, 0.2) is 0 Å². The number of nitrogens with one attached hydrogen (secondary N) is 1. The van der Waals surface area contributed by atoms with Gasteiger partial charge in [0.1, 0.15) is 15.9 Å². The molecule has 0 saturated carbocycles. The highest BCUT2D eigenvalue weighted by Gasteiger charge is 2.45. The van der Waals surface area contributed by atoms with E-state index in [2.05, 4.69) is 10.3 Å². The minimum atomic E-state index is -0.479. The van der Waals surface area contributed by atoms with Crippen LogP contribution in [0.1, 0.15) is 43.0 Å². The van der Waals surface area contributed by atoms with Crippen LogP contribution in [0, 0.1) is 6.92 Å². The monoisotopic (exact) mass is 365 g/mol. The minimum Gasteiger partial charge on any atom is -0.380 e. The SMILES string of the molecule is COCc1cc(C)nc2sc3c(c12)N1C(=O)c2ccccc2[C@H]1NC3=O. The molecule has 0 aliphatic carbocycles. The van der Waals surface area contributed by atoms with Crippen molar-refractivity contribution in [3.05, 3.63) is 57.6 Å². The van der Waals surface area contributed by atoms with Crippen molar-refractivity contribution in [2.75, 3.05) is 12.0 Å². The van der Waals surface area contributed by atoms with Crippen LogP contribution in [0.3, 0.4) is 0 Å². The van der Waals surface area contributed by atoms with Gasteiger partial charge in [0.2, 0.25) is 0 Å². The van der Waals surface area contributed by atoms with Crippen molar-refractivity contribution >= 4 is 39.1 Å². The van der Waals surface area contributed by atoms with Crippen molar-refractivity contribution in [3.63, 3.8) is 0 Å². The fraction of sp³-hybridized carbons (Fsp3) is 0.211. The molecule has 0 radical (unpaired) electrons. The van der Waals surface area contributed by atoms with Crippen LogP contribution in [0.15, 0.2) is 30.3 Å². The van der Waals surface area contributed by atoms with E-state index in [0.29, 0.717) is 22.7 Å². The first-order valence-corrected chi connectivity index (χ1v) is 9.07. The van der Waals surface area contributed by atoms with Crippen molar-refractivity contribution in [1.29, 1.82) is 0 Å². The Morgan fingerprint density at radius 2 is 2.12 bits per heavy atom. The predicted octanol–water partition coefficient (Wildman–Crippen LogP) is 3.15. The highest BCUT2D eigenvalue weighted by Crippen LogP contribution is 2.48. The third-order valence-electron chi connectivity index (χ3n) is 4.82. The number of anilines is 1. The smallest absolute Gasteiger partial charge is 0.265 e. The van der Waals surface area contributed by atoms with Crippen LogP contribution in [0.25, 0.3) is 10.2 Å². The summed E-state index contributed by atoms with van der Waals surface area (Å²) >= 11 is 1.32. The Labute approximate surface area is 153 Å². The molecule has 1 N–H and O–H groups in total. The van der Waals surface area contributed by atoms with E-state index >= 15 is 0 Å². The average Bonchev–Trinajstić information content (AvgIpc) is 3.13. The van der Waals surface area contributed by atoms with Gasteiger partial charge in [-0.2, -0.15) is 0 Å². The number of ether oxygens (including phenoxy) is 1. The molecule has 0 unspecified atom stereocenters. The number of carbonyl (C=O) groups is 2. The number of fused-ring (bicyclic) bond motifs is 7. The zero-order chi connectivity index (χ0) is 18.0. The minimum absolute atomic E-state index is 0.101. The second-order valence-corrected chi connectivity index (χ2v) is 7.45. The average molecular weight is 365 g/mol. The number of carbonyl (C=O) groups excluding carboxylic acids is 2. The van der Waals surface area contributed by atoms with Gasteiger partial charge in [0, 0.05) is 29.3 Å². The quantitative estimate of drug-likeness (QED) is 0.757. The second-order valence-electron chi connectivity index (χ2n) is 6.45. The summed E-state index contributed by atoms with van der Waals surface area (Å²) in [6.07, 6.45) is -0.479. The maximum absolute atomic E-state index is 13.1. The molecule has 2 aliphatic rings. The van der Waals surface area contributed by atoms with E-state index in [9.17, 15) is 9.59 Å². The number of hydrogen-bond donors (Lipinski definition) is 1. The summed E-state index contributed by atoms with van der Waals surface area (Å²) in [5.74, 6) is -0.273.